The summed E-state index contributed by atoms with van der Waals surface area (Å²) in [6.07, 6.45) is 1.83. The number of sulfone groups is 1. The average molecular weight is 540 g/mol. The summed E-state index contributed by atoms with van der Waals surface area (Å²) in [5, 5.41) is 6.01. The molecule has 2 aromatic carbocycles. The molecule has 0 spiro atoms. The van der Waals surface area contributed by atoms with E-state index in [4.69, 9.17) is 16.3 Å². The van der Waals surface area contributed by atoms with Crippen LogP contribution in [0.15, 0.2) is 47.4 Å². The second-order valence-electron chi connectivity index (χ2n) is 7.87. The number of ether oxygens (including phenoxy) is 1. The molecule has 0 unspecified atom stereocenters. The Labute approximate surface area is 213 Å². The minimum absolute atomic E-state index is 0.0347. The number of carbonyl (C=O) groups is 3. The van der Waals surface area contributed by atoms with E-state index in [9.17, 15) is 22.8 Å². The molecule has 0 bridgehead atoms. The van der Waals surface area contributed by atoms with Crippen LogP contribution in [0.1, 0.15) is 12.0 Å². The Hall–Kier alpha value is -2.76. The molecule has 0 atom stereocenters. The highest BCUT2D eigenvalue weighted by Gasteiger charge is 2.30. The van der Waals surface area contributed by atoms with Gasteiger partial charge in [0.2, 0.25) is 11.8 Å². The fourth-order valence-corrected chi connectivity index (χ4v) is 5.01. The fraction of sp³-hybridized carbons (Fsp3) is 0.348. The summed E-state index contributed by atoms with van der Waals surface area (Å²) in [6, 6.07) is 11.0. The van der Waals surface area contributed by atoms with Crippen molar-refractivity contribution < 1.29 is 27.5 Å². The Balaban J connectivity index is 1.50. The number of hydrogen-bond donors (Lipinski definition) is 1. The second kappa shape index (κ2) is 11.8. The summed E-state index contributed by atoms with van der Waals surface area (Å²) < 4.78 is 28.4. The predicted molar refractivity (Wildman–Crippen MR) is 135 cm³/mol. The number of benzene rings is 2. The van der Waals surface area contributed by atoms with E-state index >= 15 is 0 Å². The van der Waals surface area contributed by atoms with Crippen molar-refractivity contribution in [1.29, 1.82) is 0 Å². The molecule has 3 amide bonds. The molecule has 35 heavy (non-hydrogen) atoms. The van der Waals surface area contributed by atoms with Gasteiger partial charge in [0.15, 0.2) is 9.84 Å². The normalized spacial score (nSPS) is 13.6. The first-order chi connectivity index (χ1) is 16.6. The van der Waals surface area contributed by atoms with Crippen molar-refractivity contribution in [3.8, 4) is 5.75 Å². The number of methoxy groups -OCH3 is 1. The molecule has 1 saturated heterocycles. The van der Waals surface area contributed by atoms with Gasteiger partial charge in [-0.15, -0.1) is 11.8 Å². The molecule has 0 radical (unpaired) electrons. The first-order valence-electron chi connectivity index (χ1n) is 10.7. The average Bonchev–Trinajstić information content (AvgIpc) is 3.29. The van der Waals surface area contributed by atoms with Crippen molar-refractivity contribution in [2.24, 2.45) is 0 Å². The van der Waals surface area contributed by atoms with Gasteiger partial charge in [-0.2, -0.15) is 0 Å². The Kier molecular flexibility index (Phi) is 9.03. The fourth-order valence-electron chi connectivity index (χ4n) is 3.52. The first-order valence-corrected chi connectivity index (χ1v) is 14.1. The smallest absolute Gasteiger partial charge is 0.251 e. The largest absolute Gasteiger partial charge is 0.495 e. The quantitative estimate of drug-likeness (QED) is 0.521. The van der Waals surface area contributed by atoms with Crippen molar-refractivity contribution in [2.75, 3.05) is 43.3 Å². The summed E-state index contributed by atoms with van der Waals surface area (Å²) in [5.74, 6) is -0.278. The number of thioether (sulfide) groups is 1. The molecule has 0 aliphatic carbocycles. The van der Waals surface area contributed by atoms with Crippen molar-refractivity contribution in [3.63, 3.8) is 0 Å². The summed E-state index contributed by atoms with van der Waals surface area (Å²) in [6.45, 7) is 0.843. The minimum Gasteiger partial charge on any atom is -0.495 e. The van der Waals surface area contributed by atoms with Crippen LogP contribution in [0.5, 0.6) is 5.75 Å². The highest BCUT2D eigenvalue weighted by atomic mass is 35.5. The van der Waals surface area contributed by atoms with Gasteiger partial charge in [-0.05, 0) is 42.3 Å². The van der Waals surface area contributed by atoms with Crippen molar-refractivity contribution >= 4 is 56.6 Å². The lowest BCUT2D eigenvalue weighted by Gasteiger charge is -2.28. The minimum atomic E-state index is -3.31. The molecule has 1 N–H and O–H groups in total. The molecular formula is C23H26ClN3O6S2. The van der Waals surface area contributed by atoms with Crippen LogP contribution in [0.25, 0.3) is 0 Å². The van der Waals surface area contributed by atoms with Crippen LogP contribution in [0.3, 0.4) is 0 Å². The Morgan fingerprint density at radius 2 is 1.69 bits per heavy atom. The van der Waals surface area contributed by atoms with E-state index in [1.807, 2.05) is 0 Å². The van der Waals surface area contributed by atoms with Crippen LogP contribution in [0.4, 0.5) is 5.69 Å². The van der Waals surface area contributed by atoms with Crippen molar-refractivity contribution in [3.05, 3.63) is 53.1 Å². The number of rotatable bonds is 9. The molecule has 12 heteroatoms. The number of nitrogens with one attached hydrogen (secondary N) is 1. The highest BCUT2D eigenvalue weighted by Crippen LogP contribution is 2.27. The second-order valence-corrected chi connectivity index (χ2v) is 11.3. The van der Waals surface area contributed by atoms with Gasteiger partial charge in [0.25, 0.3) is 5.91 Å². The van der Waals surface area contributed by atoms with E-state index in [2.05, 4.69) is 5.32 Å². The molecule has 1 aliphatic heterocycles. The van der Waals surface area contributed by atoms with Gasteiger partial charge in [0, 0.05) is 24.4 Å². The lowest BCUT2D eigenvalue weighted by Crippen LogP contribution is -2.46. The lowest BCUT2D eigenvalue weighted by atomic mass is 10.1. The van der Waals surface area contributed by atoms with Crippen LogP contribution in [-0.2, 0) is 30.6 Å². The molecular weight excluding hydrogens is 514 g/mol. The summed E-state index contributed by atoms with van der Waals surface area (Å²) >= 11 is 7.12. The molecule has 0 aromatic heterocycles. The van der Waals surface area contributed by atoms with Crippen molar-refractivity contribution in [2.45, 2.75) is 17.7 Å². The Morgan fingerprint density at radius 1 is 1.03 bits per heavy atom. The number of nitrogens with zero attached hydrogens (tertiary/aromatic N) is 2. The van der Waals surface area contributed by atoms with E-state index in [0.29, 0.717) is 41.5 Å². The highest BCUT2D eigenvalue weighted by molar-refractivity contribution is 8.00. The maximum absolute atomic E-state index is 12.8. The first kappa shape index (κ1) is 26.8. The number of amides is 3. The van der Waals surface area contributed by atoms with Gasteiger partial charge in [-0.3, -0.25) is 24.4 Å². The molecule has 1 fully saturated rings. The third kappa shape index (κ3) is 7.36. The number of anilines is 1. The predicted octanol–water partition coefficient (Wildman–Crippen LogP) is 2.64. The summed E-state index contributed by atoms with van der Waals surface area (Å²) in [7, 11) is -1.83. The SMILES string of the molecule is COc1ccc(Cl)cc1NC(=O)CSCC(=O)N1CCCN1C(=O)Cc1ccc(S(C)(=O)=O)cc1. The maximum Gasteiger partial charge on any atom is 0.251 e. The number of carbonyl (C=O) groups excluding carboxylic acids is 3. The Bertz CT molecular complexity index is 1200. The summed E-state index contributed by atoms with van der Waals surface area (Å²) in [5.41, 5.74) is 1.10. The van der Waals surface area contributed by atoms with Crippen LogP contribution >= 0.6 is 23.4 Å². The van der Waals surface area contributed by atoms with Crippen LogP contribution in [0.2, 0.25) is 5.02 Å². The molecule has 2 aromatic rings. The standard InChI is InChI=1S/C23H26ClN3O6S2/c1-33-20-9-6-17(24)13-19(20)25-21(28)14-34-15-23(30)27-11-3-10-26(27)22(29)12-16-4-7-18(8-5-16)35(2,31)32/h4-9,13H,3,10-12,14-15H2,1-2H3,(H,25,28). The molecule has 188 valence electrons. The molecule has 1 heterocycles. The van der Waals surface area contributed by atoms with E-state index in [1.165, 1.54) is 29.3 Å². The van der Waals surface area contributed by atoms with E-state index < -0.39 is 9.84 Å². The van der Waals surface area contributed by atoms with Gasteiger partial charge in [-0.1, -0.05) is 23.7 Å². The van der Waals surface area contributed by atoms with Crippen LogP contribution < -0.4 is 10.1 Å². The van der Waals surface area contributed by atoms with E-state index in [1.54, 1.807) is 30.3 Å². The molecule has 9 nitrogen and oxygen atoms in total. The maximum atomic E-state index is 12.8. The molecule has 1 aliphatic rings. The lowest BCUT2D eigenvalue weighted by molar-refractivity contribution is -0.155. The number of halogens is 1. The monoisotopic (exact) mass is 539 g/mol. The van der Waals surface area contributed by atoms with E-state index in [0.717, 1.165) is 18.0 Å². The zero-order valence-corrected chi connectivity index (χ0v) is 21.7. The topological polar surface area (TPSA) is 113 Å². The summed E-state index contributed by atoms with van der Waals surface area (Å²) in [4.78, 5) is 38.0. The van der Waals surface area contributed by atoms with Crippen LogP contribution in [-0.4, -0.2) is 74.1 Å². The van der Waals surface area contributed by atoms with Gasteiger partial charge in [0.1, 0.15) is 5.75 Å². The third-order valence-electron chi connectivity index (χ3n) is 5.21. The third-order valence-corrected chi connectivity index (χ3v) is 7.49. The van der Waals surface area contributed by atoms with Gasteiger partial charge in [0.05, 0.1) is 35.6 Å². The number of hydrogen-bond acceptors (Lipinski definition) is 7. The Morgan fingerprint density at radius 3 is 2.31 bits per heavy atom. The van der Waals surface area contributed by atoms with Gasteiger partial charge < -0.3 is 10.1 Å². The molecule has 0 saturated carbocycles. The van der Waals surface area contributed by atoms with Crippen molar-refractivity contribution in [1.82, 2.24) is 10.0 Å². The van der Waals surface area contributed by atoms with Crippen LogP contribution in [0, 0.1) is 0 Å². The zero-order chi connectivity index (χ0) is 25.6. The van der Waals surface area contributed by atoms with E-state index in [-0.39, 0.29) is 40.5 Å². The van der Waals surface area contributed by atoms with Gasteiger partial charge in [-0.25, -0.2) is 8.42 Å². The molecule has 3 rings (SSSR count). The van der Waals surface area contributed by atoms with Gasteiger partial charge >= 0.3 is 0 Å². The zero-order valence-electron chi connectivity index (χ0n) is 19.3. The number of hydrazine groups is 1.